The average Bonchev–Trinajstić information content (AvgIpc) is 2.93. The maximum atomic E-state index is 13.8. The lowest BCUT2D eigenvalue weighted by Crippen LogP contribution is -2.30. The maximum absolute atomic E-state index is 13.8. The number of Topliss-reactive ketones (excluding diaryl/α,β-unsaturated/α-hetero) is 1. The molecule has 0 heterocycles. The monoisotopic (exact) mass is 524 g/mol. The Morgan fingerprint density at radius 2 is 1.03 bits per heavy atom. The van der Waals surface area contributed by atoms with Crippen molar-refractivity contribution in [1.29, 1.82) is 0 Å². The van der Waals surface area contributed by atoms with E-state index in [0.717, 1.165) is 28.7 Å². The van der Waals surface area contributed by atoms with Crippen LogP contribution in [0.15, 0.2) is 35.4 Å². The van der Waals surface area contributed by atoms with Crippen molar-refractivity contribution in [2.75, 3.05) is 42.7 Å². The molecule has 1 fully saturated rings. The lowest BCUT2D eigenvalue weighted by atomic mass is 9.66. The first-order valence-electron chi connectivity index (χ1n) is 12.7. The van der Waals surface area contributed by atoms with Gasteiger partial charge in [-0.15, -0.1) is 0 Å². The number of carbonyl (C=O) groups is 1. The number of carbonyl (C=O) groups excluding carboxylic acids is 1. The summed E-state index contributed by atoms with van der Waals surface area (Å²) in [5.74, 6) is 3.50. The summed E-state index contributed by atoms with van der Waals surface area (Å²) in [6.07, 6.45) is 6.24. The van der Waals surface area contributed by atoms with E-state index in [0.29, 0.717) is 47.3 Å². The molecule has 7 heteroatoms. The number of hydrogen-bond donors (Lipinski definition) is 0. The largest absolute Gasteiger partial charge is 0.493 e. The zero-order chi connectivity index (χ0) is 28.0. The lowest BCUT2D eigenvalue weighted by Gasteiger charge is -2.38. The second-order valence-electron chi connectivity index (χ2n) is 10.0. The maximum Gasteiger partial charge on any atom is 0.203 e. The van der Waals surface area contributed by atoms with Crippen LogP contribution in [0, 0.1) is 11.3 Å². The van der Waals surface area contributed by atoms with Gasteiger partial charge in [0, 0.05) is 11.1 Å². The quantitative estimate of drug-likeness (QED) is 0.323. The van der Waals surface area contributed by atoms with Crippen molar-refractivity contribution in [1.82, 2.24) is 0 Å². The highest BCUT2D eigenvalue weighted by molar-refractivity contribution is 6.14. The fourth-order valence-corrected chi connectivity index (χ4v) is 4.86. The first-order chi connectivity index (χ1) is 18.2. The summed E-state index contributed by atoms with van der Waals surface area (Å²) >= 11 is 0. The molecule has 0 radical (unpaired) electrons. The van der Waals surface area contributed by atoms with Crippen LogP contribution in [-0.2, 0) is 4.79 Å². The third-order valence-electron chi connectivity index (χ3n) is 7.59. The zero-order valence-electron chi connectivity index (χ0n) is 24.0. The second kappa shape index (κ2) is 12.3. The molecule has 206 valence electrons. The standard InChI is InChI=1S/C31H40O7/c1-10-31(2,3)23-17-21(11-19-13-24(33-4)29(37-8)25(14-19)34-5)28(32)22(18-23)12-20-15-26(35-6)30(38-9)27(16-20)36-7/h11-16,23H,10,17-18H2,1-9H3. The van der Waals surface area contributed by atoms with Crippen molar-refractivity contribution >= 4 is 17.9 Å². The normalized spacial score (nSPS) is 17.9. The van der Waals surface area contributed by atoms with E-state index in [-0.39, 0.29) is 17.1 Å². The van der Waals surface area contributed by atoms with E-state index < -0.39 is 0 Å². The third-order valence-corrected chi connectivity index (χ3v) is 7.59. The first-order valence-corrected chi connectivity index (χ1v) is 12.7. The molecule has 0 atom stereocenters. The molecule has 3 rings (SSSR count). The van der Waals surface area contributed by atoms with Gasteiger partial charge in [-0.1, -0.05) is 27.2 Å². The summed E-state index contributed by atoms with van der Waals surface area (Å²) in [4.78, 5) is 13.8. The van der Waals surface area contributed by atoms with E-state index in [9.17, 15) is 4.79 Å². The van der Waals surface area contributed by atoms with Crippen LogP contribution in [0.3, 0.4) is 0 Å². The fourth-order valence-electron chi connectivity index (χ4n) is 4.86. The average molecular weight is 525 g/mol. The predicted molar refractivity (Wildman–Crippen MR) is 150 cm³/mol. The minimum absolute atomic E-state index is 0.0238. The Labute approximate surface area is 226 Å². The van der Waals surface area contributed by atoms with Gasteiger partial charge in [0.1, 0.15) is 0 Å². The first kappa shape index (κ1) is 29.0. The lowest BCUT2D eigenvalue weighted by molar-refractivity contribution is -0.113. The molecular formula is C31H40O7. The molecule has 0 N–H and O–H groups in total. The predicted octanol–water partition coefficient (Wildman–Crippen LogP) is 6.62. The van der Waals surface area contributed by atoms with Crippen molar-refractivity contribution < 1.29 is 33.2 Å². The van der Waals surface area contributed by atoms with E-state index >= 15 is 0 Å². The number of rotatable bonds is 10. The molecule has 0 spiro atoms. The zero-order valence-corrected chi connectivity index (χ0v) is 24.0. The number of allylic oxidation sites excluding steroid dienone is 2. The summed E-state index contributed by atoms with van der Waals surface area (Å²) in [5, 5.41) is 0. The number of ketones is 1. The summed E-state index contributed by atoms with van der Waals surface area (Å²) in [6.45, 7) is 6.73. The molecular weight excluding hydrogens is 484 g/mol. The van der Waals surface area contributed by atoms with Gasteiger partial charge >= 0.3 is 0 Å². The highest BCUT2D eigenvalue weighted by atomic mass is 16.5. The van der Waals surface area contributed by atoms with Crippen molar-refractivity contribution in [2.45, 2.75) is 40.0 Å². The van der Waals surface area contributed by atoms with Gasteiger partial charge in [0.05, 0.1) is 42.7 Å². The Morgan fingerprint density at radius 3 is 1.29 bits per heavy atom. The minimum Gasteiger partial charge on any atom is -0.493 e. The molecule has 2 aromatic rings. The van der Waals surface area contributed by atoms with Gasteiger partial charge in [0.25, 0.3) is 0 Å². The third kappa shape index (κ3) is 5.93. The van der Waals surface area contributed by atoms with Crippen molar-refractivity contribution in [3.63, 3.8) is 0 Å². The molecule has 1 saturated carbocycles. The summed E-state index contributed by atoms with van der Waals surface area (Å²) in [6, 6.07) is 7.44. The fraction of sp³-hybridized carbons (Fsp3) is 0.452. The molecule has 0 aromatic heterocycles. The van der Waals surface area contributed by atoms with E-state index in [2.05, 4.69) is 20.8 Å². The molecule has 1 aliphatic carbocycles. The van der Waals surface area contributed by atoms with Gasteiger partial charge in [-0.3, -0.25) is 4.79 Å². The molecule has 2 aromatic carbocycles. The van der Waals surface area contributed by atoms with Gasteiger partial charge in [-0.2, -0.15) is 0 Å². The Balaban J connectivity index is 2.15. The van der Waals surface area contributed by atoms with Gasteiger partial charge in [0.2, 0.25) is 11.5 Å². The molecule has 0 bridgehead atoms. The second-order valence-corrected chi connectivity index (χ2v) is 10.0. The van der Waals surface area contributed by atoms with Crippen LogP contribution in [0.1, 0.15) is 51.2 Å². The highest BCUT2D eigenvalue weighted by Gasteiger charge is 2.36. The van der Waals surface area contributed by atoms with Crippen molar-refractivity contribution in [3.8, 4) is 34.5 Å². The highest BCUT2D eigenvalue weighted by Crippen LogP contribution is 2.46. The van der Waals surface area contributed by atoms with Gasteiger partial charge in [-0.25, -0.2) is 0 Å². The molecule has 1 aliphatic rings. The number of hydrogen-bond acceptors (Lipinski definition) is 7. The van der Waals surface area contributed by atoms with E-state index in [1.54, 1.807) is 42.7 Å². The van der Waals surface area contributed by atoms with Crippen LogP contribution in [0.25, 0.3) is 12.2 Å². The van der Waals surface area contributed by atoms with Crippen molar-refractivity contribution in [2.24, 2.45) is 11.3 Å². The van der Waals surface area contributed by atoms with E-state index in [1.165, 1.54) is 0 Å². The Morgan fingerprint density at radius 1 is 0.684 bits per heavy atom. The molecule has 0 amide bonds. The molecule has 7 nitrogen and oxygen atoms in total. The van der Waals surface area contributed by atoms with Crippen molar-refractivity contribution in [3.05, 3.63) is 46.5 Å². The Bertz CT molecular complexity index is 1090. The Hall–Kier alpha value is -3.61. The number of ether oxygens (including phenoxy) is 6. The summed E-state index contributed by atoms with van der Waals surface area (Å²) in [7, 11) is 9.47. The van der Waals surface area contributed by atoms with Crippen LogP contribution in [0.4, 0.5) is 0 Å². The number of benzene rings is 2. The molecule has 0 unspecified atom stereocenters. The van der Waals surface area contributed by atoms with E-state index in [1.807, 2.05) is 36.4 Å². The summed E-state index contributed by atoms with van der Waals surface area (Å²) in [5.41, 5.74) is 3.16. The van der Waals surface area contributed by atoms with Crippen LogP contribution < -0.4 is 28.4 Å². The smallest absolute Gasteiger partial charge is 0.203 e. The van der Waals surface area contributed by atoms with Crippen LogP contribution in [0.2, 0.25) is 0 Å². The van der Waals surface area contributed by atoms with Crippen LogP contribution >= 0.6 is 0 Å². The Kier molecular flexibility index (Phi) is 9.36. The van der Waals surface area contributed by atoms with Gasteiger partial charge < -0.3 is 28.4 Å². The summed E-state index contributed by atoms with van der Waals surface area (Å²) < 4.78 is 33.0. The van der Waals surface area contributed by atoms with E-state index in [4.69, 9.17) is 28.4 Å². The van der Waals surface area contributed by atoms with Gasteiger partial charge in [-0.05, 0) is 71.7 Å². The SMILES string of the molecule is CCC(C)(C)C1CC(=Cc2cc(OC)c(OC)c(OC)c2)C(=O)C(=Cc2cc(OC)c(OC)c(OC)c2)C1. The van der Waals surface area contributed by atoms with Gasteiger partial charge in [0.15, 0.2) is 28.8 Å². The molecule has 38 heavy (non-hydrogen) atoms. The van der Waals surface area contributed by atoms with Crippen LogP contribution in [0.5, 0.6) is 34.5 Å². The topological polar surface area (TPSA) is 72.5 Å². The number of methoxy groups -OCH3 is 6. The molecule has 0 saturated heterocycles. The minimum atomic E-state index is 0.0238. The molecule has 0 aliphatic heterocycles. The van der Waals surface area contributed by atoms with Crippen LogP contribution in [-0.4, -0.2) is 48.4 Å².